The lowest BCUT2D eigenvalue weighted by Crippen LogP contribution is -2.31. The number of para-hydroxylation sites is 1. The zero-order chi connectivity index (χ0) is 25.7. The van der Waals surface area contributed by atoms with E-state index in [-0.39, 0.29) is 23.1 Å². The van der Waals surface area contributed by atoms with Gasteiger partial charge < -0.3 is 10.1 Å². The maximum absolute atomic E-state index is 13.2. The number of hydrogen-bond acceptors (Lipinski definition) is 5. The number of benzene rings is 3. The average molecular weight is 512 g/mol. The van der Waals surface area contributed by atoms with Gasteiger partial charge in [0.15, 0.2) is 5.17 Å². The summed E-state index contributed by atoms with van der Waals surface area (Å²) in [6, 6.07) is 21.4. The number of carbonyl (C=O) groups excluding carboxylic acids is 2. The summed E-state index contributed by atoms with van der Waals surface area (Å²) in [4.78, 5) is 31.6. The Bertz CT molecular complexity index is 1310. The van der Waals surface area contributed by atoms with Gasteiger partial charge in [-0.1, -0.05) is 59.8 Å². The van der Waals surface area contributed by atoms with Gasteiger partial charge in [0.05, 0.1) is 11.4 Å². The molecule has 36 heavy (non-hydrogen) atoms. The third-order valence-corrected chi connectivity index (χ3v) is 5.87. The van der Waals surface area contributed by atoms with Crippen LogP contribution in [0.2, 0.25) is 0 Å². The van der Waals surface area contributed by atoms with Crippen molar-refractivity contribution >= 4 is 46.2 Å². The molecule has 0 spiro atoms. The zero-order valence-corrected chi connectivity index (χ0v) is 19.8. The highest BCUT2D eigenvalue weighted by atomic mass is 32.2. The Hall–Kier alpha value is -4.05. The predicted octanol–water partition coefficient (Wildman–Crippen LogP) is 6.01. The highest BCUT2D eigenvalue weighted by Crippen LogP contribution is 2.30. The second-order valence-electron chi connectivity index (χ2n) is 7.72. The van der Waals surface area contributed by atoms with Gasteiger partial charge in [-0.25, -0.2) is 4.99 Å². The van der Waals surface area contributed by atoms with E-state index in [1.165, 1.54) is 17.0 Å². The molecule has 0 atom stereocenters. The minimum Gasteiger partial charge on any atom is -0.406 e. The molecule has 0 saturated heterocycles. The fourth-order valence-electron chi connectivity index (χ4n) is 3.29. The number of carbonyl (C=O) groups is 2. The van der Waals surface area contributed by atoms with Crippen LogP contribution in [0.25, 0.3) is 6.08 Å². The number of hydrogen-bond donors (Lipinski definition) is 1. The van der Waals surface area contributed by atoms with Crippen LogP contribution in [-0.2, 0) is 9.59 Å². The van der Waals surface area contributed by atoms with Crippen molar-refractivity contribution in [2.45, 2.75) is 13.3 Å². The molecule has 0 bridgehead atoms. The van der Waals surface area contributed by atoms with E-state index in [1.807, 2.05) is 37.3 Å². The maximum Gasteiger partial charge on any atom is 0.573 e. The molecule has 1 heterocycles. The first-order valence-electron chi connectivity index (χ1n) is 10.7. The third kappa shape index (κ3) is 6.54. The fourth-order valence-corrected chi connectivity index (χ4v) is 4.10. The van der Waals surface area contributed by atoms with Crippen molar-refractivity contribution in [2.24, 2.45) is 4.99 Å². The zero-order valence-electron chi connectivity index (χ0n) is 19.0. The van der Waals surface area contributed by atoms with E-state index >= 15 is 0 Å². The number of ether oxygens (including phenoxy) is 1. The molecule has 2 amide bonds. The average Bonchev–Trinajstić information content (AvgIpc) is 3.15. The van der Waals surface area contributed by atoms with E-state index in [0.29, 0.717) is 16.5 Å². The first kappa shape index (κ1) is 25.1. The lowest BCUT2D eigenvalue weighted by atomic mass is 10.1. The topological polar surface area (TPSA) is 71.0 Å². The fraction of sp³-hybridized carbons (Fsp3) is 0.115. The minimum atomic E-state index is -4.79. The minimum absolute atomic E-state index is 0.0753. The number of nitrogens with zero attached hydrogens (tertiary/aromatic N) is 2. The number of alkyl halides is 3. The van der Waals surface area contributed by atoms with Gasteiger partial charge >= 0.3 is 6.36 Å². The number of nitrogens with one attached hydrogen (secondary N) is 1. The van der Waals surface area contributed by atoms with E-state index in [4.69, 9.17) is 0 Å². The summed E-state index contributed by atoms with van der Waals surface area (Å²) in [6.07, 6.45) is -3.10. The number of thioether (sulfide) groups is 1. The van der Waals surface area contributed by atoms with Gasteiger partial charge in [0.2, 0.25) is 5.91 Å². The number of rotatable bonds is 6. The first-order valence-corrected chi connectivity index (χ1v) is 11.7. The predicted molar refractivity (Wildman–Crippen MR) is 135 cm³/mol. The molecule has 10 heteroatoms. The van der Waals surface area contributed by atoms with Gasteiger partial charge in [-0.05, 0) is 55.0 Å². The third-order valence-electron chi connectivity index (χ3n) is 4.93. The van der Waals surface area contributed by atoms with Gasteiger partial charge in [0.25, 0.3) is 5.91 Å². The van der Waals surface area contributed by atoms with Crippen LogP contribution in [0, 0.1) is 6.92 Å². The summed E-state index contributed by atoms with van der Waals surface area (Å²) in [5.41, 5.74) is 3.07. The molecular weight excluding hydrogens is 491 g/mol. The SMILES string of the molecule is Cc1ccc(/C=C2/N=C(SCC(=O)Nc3ccc(OC(F)(F)F)cc3)N(c3ccccc3)C2=O)cc1. The molecule has 184 valence electrons. The Balaban J connectivity index is 1.47. The van der Waals surface area contributed by atoms with Crippen LogP contribution in [0.15, 0.2) is 89.6 Å². The summed E-state index contributed by atoms with van der Waals surface area (Å²) in [5.74, 6) is -1.19. The summed E-state index contributed by atoms with van der Waals surface area (Å²) >= 11 is 1.07. The molecule has 1 aliphatic heterocycles. The Kier molecular flexibility index (Phi) is 7.44. The van der Waals surface area contributed by atoms with Gasteiger partial charge in [-0.3, -0.25) is 14.5 Å². The van der Waals surface area contributed by atoms with Crippen LogP contribution in [0.4, 0.5) is 24.5 Å². The molecular formula is C26H20F3N3O3S. The number of amides is 2. The summed E-state index contributed by atoms with van der Waals surface area (Å²) in [5, 5.41) is 2.95. The molecule has 1 N–H and O–H groups in total. The van der Waals surface area contributed by atoms with Crippen molar-refractivity contribution in [3.05, 3.63) is 95.7 Å². The van der Waals surface area contributed by atoms with Crippen molar-refractivity contribution in [1.29, 1.82) is 0 Å². The molecule has 6 nitrogen and oxygen atoms in total. The van der Waals surface area contributed by atoms with Crippen molar-refractivity contribution in [3.63, 3.8) is 0 Å². The van der Waals surface area contributed by atoms with Crippen molar-refractivity contribution in [3.8, 4) is 5.75 Å². The maximum atomic E-state index is 13.2. The summed E-state index contributed by atoms with van der Waals surface area (Å²) < 4.78 is 40.8. The molecule has 0 aliphatic carbocycles. The Morgan fingerprint density at radius 1 is 1.03 bits per heavy atom. The highest BCUT2D eigenvalue weighted by molar-refractivity contribution is 8.14. The van der Waals surface area contributed by atoms with Crippen molar-refractivity contribution in [2.75, 3.05) is 16.0 Å². The van der Waals surface area contributed by atoms with E-state index in [9.17, 15) is 22.8 Å². The van der Waals surface area contributed by atoms with E-state index in [0.717, 1.165) is 35.0 Å². The van der Waals surface area contributed by atoms with Crippen LogP contribution in [0.5, 0.6) is 5.75 Å². The standard InChI is InChI=1S/C26H20F3N3O3S/c1-17-7-9-18(10-8-17)15-22-24(34)32(20-5-3-2-4-6-20)25(31-22)36-16-23(33)30-19-11-13-21(14-12-19)35-26(27,28)29/h2-15H,16H2,1H3,(H,30,33)/b22-15+. The van der Waals surface area contributed by atoms with E-state index in [2.05, 4.69) is 15.0 Å². The van der Waals surface area contributed by atoms with Gasteiger partial charge in [-0.2, -0.15) is 0 Å². The van der Waals surface area contributed by atoms with E-state index < -0.39 is 12.3 Å². The molecule has 3 aromatic carbocycles. The second-order valence-corrected chi connectivity index (χ2v) is 8.66. The first-order chi connectivity index (χ1) is 17.2. The molecule has 4 rings (SSSR count). The lowest BCUT2D eigenvalue weighted by molar-refractivity contribution is -0.274. The molecule has 0 aromatic heterocycles. The molecule has 0 radical (unpaired) electrons. The van der Waals surface area contributed by atoms with Crippen LogP contribution >= 0.6 is 11.8 Å². The van der Waals surface area contributed by atoms with Gasteiger partial charge in [-0.15, -0.1) is 13.2 Å². The summed E-state index contributed by atoms with van der Waals surface area (Å²) in [7, 11) is 0. The second kappa shape index (κ2) is 10.7. The smallest absolute Gasteiger partial charge is 0.406 e. The largest absolute Gasteiger partial charge is 0.573 e. The van der Waals surface area contributed by atoms with Gasteiger partial charge in [0, 0.05) is 5.69 Å². The number of amidine groups is 1. The molecule has 0 fully saturated rings. The van der Waals surface area contributed by atoms with Crippen LogP contribution in [0.3, 0.4) is 0 Å². The molecule has 0 unspecified atom stereocenters. The van der Waals surface area contributed by atoms with Crippen molar-refractivity contribution < 1.29 is 27.5 Å². The van der Waals surface area contributed by atoms with Crippen LogP contribution in [0.1, 0.15) is 11.1 Å². The normalized spacial score (nSPS) is 14.7. The van der Waals surface area contributed by atoms with Crippen LogP contribution < -0.4 is 15.0 Å². The van der Waals surface area contributed by atoms with Gasteiger partial charge in [0.1, 0.15) is 11.4 Å². The number of halogens is 3. The Morgan fingerprint density at radius 3 is 2.33 bits per heavy atom. The van der Waals surface area contributed by atoms with Crippen LogP contribution in [-0.4, -0.2) is 29.1 Å². The number of aryl methyl sites for hydroxylation is 1. The monoisotopic (exact) mass is 511 g/mol. The lowest BCUT2D eigenvalue weighted by Gasteiger charge is -2.17. The number of anilines is 2. The summed E-state index contributed by atoms with van der Waals surface area (Å²) in [6.45, 7) is 1.97. The van der Waals surface area contributed by atoms with Crippen molar-refractivity contribution in [1.82, 2.24) is 0 Å². The van der Waals surface area contributed by atoms with E-state index in [1.54, 1.807) is 30.3 Å². The molecule has 0 saturated carbocycles. The quantitative estimate of drug-likeness (QED) is 0.412. The highest BCUT2D eigenvalue weighted by Gasteiger charge is 2.32. The number of aliphatic imine (C=N–C) groups is 1. The molecule has 3 aromatic rings. The Labute approximate surface area is 209 Å². The Morgan fingerprint density at radius 2 is 1.69 bits per heavy atom. The molecule has 1 aliphatic rings.